The van der Waals surface area contributed by atoms with Gasteiger partial charge in [0.1, 0.15) is 5.70 Å². The van der Waals surface area contributed by atoms with E-state index in [-0.39, 0.29) is 17.0 Å². The number of anilines is 3. The first-order valence-electron chi connectivity index (χ1n) is 13.5. The van der Waals surface area contributed by atoms with E-state index in [1.165, 1.54) is 23.7 Å². The van der Waals surface area contributed by atoms with Crippen LogP contribution in [0, 0.1) is 6.92 Å². The number of benzene rings is 3. The van der Waals surface area contributed by atoms with Crippen LogP contribution in [0.1, 0.15) is 67.6 Å². The maximum atomic E-state index is 13.2. The molecule has 0 spiro atoms. The molecule has 0 heterocycles. The molecule has 2 amide bonds. The van der Waals surface area contributed by atoms with Crippen molar-refractivity contribution in [1.82, 2.24) is 0 Å². The summed E-state index contributed by atoms with van der Waals surface area (Å²) in [7, 11) is 1.55. The average molecular weight is 593 g/mol. The Hall–Kier alpha value is -4.15. The average Bonchev–Trinajstić information content (AvgIpc) is 2.93. The molecule has 8 N–H and O–H groups in total. The lowest BCUT2D eigenvalue weighted by Crippen LogP contribution is -2.30. The Morgan fingerprint density at radius 2 is 1.62 bits per heavy atom. The second kappa shape index (κ2) is 15.2. The molecule has 3 aromatic carbocycles. The molecule has 0 aromatic heterocycles. The Bertz CT molecular complexity index is 1400. The van der Waals surface area contributed by atoms with Gasteiger partial charge >= 0.3 is 0 Å². The maximum Gasteiger partial charge on any atom is 0.266 e. The summed E-state index contributed by atoms with van der Waals surface area (Å²) >= 11 is 1.43. The van der Waals surface area contributed by atoms with Crippen LogP contribution in [0.25, 0.3) is 0 Å². The van der Waals surface area contributed by atoms with Crippen molar-refractivity contribution in [3.05, 3.63) is 94.8 Å². The van der Waals surface area contributed by atoms with E-state index < -0.39 is 5.91 Å². The molecule has 42 heavy (non-hydrogen) atoms. The number of aryl methyl sites for hydroxylation is 1. The van der Waals surface area contributed by atoms with Gasteiger partial charge in [0.2, 0.25) is 0 Å². The quantitative estimate of drug-likeness (QED) is 0.0877. The highest BCUT2D eigenvalue weighted by molar-refractivity contribution is 7.99. The van der Waals surface area contributed by atoms with Gasteiger partial charge in [-0.25, -0.2) is 5.84 Å². The van der Waals surface area contributed by atoms with Crippen LogP contribution in [-0.2, 0) is 10.2 Å². The van der Waals surface area contributed by atoms with Crippen molar-refractivity contribution in [2.45, 2.75) is 52.9 Å². The van der Waals surface area contributed by atoms with Crippen molar-refractivity contribution in [2.24, 2.45) is 17.3 Å². The van der Waals surface area contributed by atoms with Gasteiger partial charge in [0.15, 0.2) is 5.75 Å². The number of hydrogen-bond acceptors (Lipinski definition) is 8. The molecule has 0 atom stereocenters. The van der Waals surface area contributed by atoms with Crippen molar-refractivity contribution in [2.75, 3.05) is 28.4 Å². The van der Waals surface area contributed by atoms with Crippen LogP contribution in [-0.4, -0.2) is 25.2 Å². The number of ether oxygens (including phenoxy) is 1. The number of amides is 2. The van der Waals surface area contributed by atoms with Crippen LogP contribution in [0.4, 0.5) is 17.1 Å². The first-order valence-corrected chi connectivity index (χ1v) is 14.7. The zero-order valence-corrected chi connectivity index (χ0v) is 26.6. The van der Waals surface area contributed by atoms with Crippen LogP contribution in [0.2, 0.25) is 0 Å². The van der Waals surface area contributed by atoms with Crippen LogP contribution >= 0.6 is 11.9 Å². The number of carbonyl (C=O) groups is 2. The van der Waals surface area contributed by atoms with Gasteiger partial charge in [-0.2, -0.15) is 0 Å². The lowest BCUT2D eigenvalue weighted by molar-refractivity contribution is -0.114. The fourth-order valence-corrected chi connectivity index (χ4v) is 4.28. The molecule has 0 saturated heterocycles. The molecule has 9 nitrogen and oxygen atoms in total. The summed E-state index contributed by atoms with van der Waals surface area (Å²) < 4.78 is 8.81. The number of methoxy groups -OCH3 is 1. The first kappa shape index (κ1) is 34.1. The van der Waals surface area contributed by atoms with E-state index in [0.29, 0.717) is 28.6 Å². The smallest absolute Gasteiger partial charge is 0.266 e. The van der Waals surface area contributed by atoms with E-state index >= 15 is 0 Å². The number of nitrogens with one attached hydrogen (secondary N) is 2. The number of nitrogens with zero attached hydrogens (tertiary/aromatic N) is 1. The van der Waals surface area contributed by atoms with Crippen molar-refractivity contribution < 1.29 is 14.3 Å². The Balaban J connectivity index is 0.000000581. The van der Waals surface area contributed by atoms with Gasteiger partial charge in [-0.15, -0.1) is 0 Å². The largest absolute Gasteiger partial charge is 0.492 e. The molecular weight excluding hydrogens is 548 g/mol. The number of nitrogens with two attached hydrogens (primary N) is 3. The Morgan fingerprint density at radius 3 is 2.12 bits per heavy atom. The van der Waals surface area contributed by atoms with Crippen LogP contribution < -0.4 is 37.1 Å². The molecule has 0 radical (unpaired) electrons. The normalized spacial score (nSPS) is 11.3. The van der Waals surface area contributed by atoms with Gasteiger partial charge in [-0.1, -0.05) is 83.0 Å². The summed E-state index contributed by atoms with van der Waals surface area (Å²) in [6.07, 6.45) is 3.12. The topological polar surface area (TPSA) is 149 Å². The molecule has 0 aliphatic rings. The molecule has 0 aliphatic heterocycles. The third-order valence-electron chi connectivity index (χ3n) is 6.40. The maximum absolute atomic E-state index is 13.2. The number of hydrazine groups is 1. The molecule has 10 heteroatoms. The minimum absolute atomic E-state index is 0.148. The van der Waals surface area contributed by atoms with Crippen LogP contribution in [0.3, 0.4) is 0 Å². The Labute approximate surface area is 254 Å². The predicted molar refractivity (Wildman–Crippen MR) is 177 cm³/mol. The Kier molecular flexibility index (Phi) is 12.3. The van der Waals surface area contributed by atoms with Crippen molar-refractivity contribution in [3.8, 4) is 5.75 Å². The van der Waals surface area contributed by atoms with E-state index in [2.05, 4.69) is 68.9 Å². The zero-order chi connectivity index (χ0) is 31.6. The lowest BCUT2D eigenvalue weighted by Gasteiger charge is -2.24. The fourth-order valence-electron chi connectivity index (χ4n) is 3.90. The van der Waals surface area contributed by atoms with Gasteiger partial charge in [-0.05, 0) is 59.2 Å². The minimum atomic E-state index is -0.794. The van der Waals surface area contributed by atoms with Gasteiger partial charge in [0, 0.05) is 18.0 Å². The summed E-state index contributed by atoms with van der Waals surface area (Å²) in [5, 5.41) is 4.11. The van der Waals surface area contributed by atoms with E-state index in [9.17, 15) is 9.59 Å². The molecule has 0 saturated carbocycles. The van der Waals surface area contributed by atoms with Gasteiger partial charge in [0.25, 0.3) is 11.8 Å². The molecular formula is C32H44N6O3S. The third kappa shape index (κ3) is 9.46. The highest BCUT2D eigenvalue weighted by Gasteiger charge is 2.21. The SMILES string of the molecule is CC(C)c1ccccc1.COc1c(NSC)cc(C(C)(C)C)cc1NC(=O)c1ccc(C)c(N(N)/C=C(\N)C(N)=O)c1. The number of rotatable bonds is 9. The number of carbonyl (C=O) groups excluding carboxylic acids is 2. The zero-order valence-electron chi connectivity index (χ0n) is 25.7. The van der Waals surface area contributed by atoms with Crippen molar-refractivity contribution >= 4 is 40.8 Å². The minimum Gasteiger partial charge on any atom is -0.492 e. The summed E-state index contributed by atoms with van der Waals surface area (Å²) in [6.45, 7) is 12.5. The fraction of sp³-hybridized carbons (Fsp3) is 0.312. The lowest BCUT2D eigenvalue weighted by atomic mass is 9.86. The summed E-state index contributed by atoms with van der Waals surface area (Å²) in [6, 6.07) is 19.5. The highest BCUT2D eigenvalue weighted by Crippen LogP contribution is 2.39. The van der Waals surface area contributed by atoms with E-state index in [1.807, 2.05) is 31.4 Å². The molecule has 0 fully saturated rings. The van der Waals surface area contributed by atoms with E-state index in [4.69, 9.17) is 22.0 Å². The first-order chi connectivity index (χ1) is 19.7. The van der Waals surface area contributed by atoms with Crippen molar-refractivity contribution in [3.63, 3.8) is 0 Å². The number of hydrogen-bond donors (Lipinski definition) is 5. The summed E-state index contributed by atoms with van der Waals surface area (Å²) in [4.78, 5) is 24.4. The van der Waals surface area contributed by atoms with Gasteiger partial charge in [-0.3, -0.25) is 14.6 Å². The van der Waals surface area contributed by atoms with Gasteiger partial charge < -0.3 is 26.2 Å². The summed E-state index contributed by atoms with van der Waals surface area (Å²) in [5.41, 5.74) is 15.8. The molecule has 3 rings (SSSR count). The van der Waals surface area contributed by atoms with E-state index in [1.54, 1.807) is 25.3 Å². The van der Waals surface area contributed by atoms with Crippen LogP contribution in [0.5, 0.6) is 5.75 Å². The molecule has 0 aliphatic carbocycles. The molecule has 0 bridgehead atoms. The standard InChI is InChI=1S/C23H32N6O3S.C9H12/c1-13-7-8-14(9-19(13)29(26)12-16(24)21(25)30)22(31)27-17-10-15(23(2,3)4)11-18(28-33-6)20(17)32-5;1-8(2)9-6-4-3-5-7-9/h7-12,28H,24,26H2,1-6H3,(H2,25,30)(H,27,31);3-8H,1-2H3/b16-12-;. The van der Waals surface area contributed by atoms with E-state index in [0.717, 1.165) is 21.8 Å². The molecule has 226 valence electrons. The van der Waals surface area contributed by atoms with Crippen LogP contribution in [0.15, 0.2) is 72.6 Å². The predicted octanol–water partition coefficient (Wildman–Crippen LogP) is 6.02. The molecule has 0 unspecified atom stereocenters. The third-order valence-corrected chi connectivity index (χ3v) is 6.82. The second-order valence-electron chi connectivity index (χ2n) is 11.0. The highest BCUT2D eigenvalue weighted by atomic mass is 32.2. The second-order valence-corrected chi connectivity index (χ2v) is 11.6. The monoisotopic (exact) mass is 592 g/mol. The Morgan fingerprint density at radius 1 is 1.00 bits per heavy atom. The summed E-state index contributed by atoms with van der Waals surface area (Å²) in [5.74, 6) is 6.07. The van der Waals surface area contributed by atoms with Crippen molar-refractivity contribution in [1.29, 1.82) is 0 Å². The number of primary amides is 1. The molecule has 3 aromatic rings. The van der Waals surface area contributed by atoms with Gasteiger partial charge in [0.05, 0.1) is 24.2 Å².